The number of hydrogen-bond acceptors (Lipinski definition) is 4. The van der Waals surface area contributed by atoms with Crippen molar-refractivity contribution in [2.45, 2.75) is 31.2 Å². The Morgan fingerprint density at radius 3 is 2.81 bits per heavy atom. The van der Waals surface area contributed by atoms with Gasteiger partial charge in [0.2, 0.25) is 5.91 Å². The maximum absolute atomic E-state index is 12.0. The third-order valence-corrected chi connectivity index (χ3v) is 5.10. The number of guanidine groups is 1. The van der Waals surface area contributed by atoms with Gasteiger partial charge in [0.15, 0.2) is 5.96 Å². The van der Waals surface area contributed by atoms with Crippen LogP contribution in [0.2, 0.25) is 0 Å². The molecule has 1 atom stereocenters. The van der Waals surface area contributed by atoms with E-state index < -0.39 is 0 Å². The minimum absolute atomic E-state index is 0.0132. The van der Waals surface area contributed by atoms with Crippen LogP contribution in [-0.4, -0.2) is 84.4 Å². The Bertz CT molecular complexity index is 635. The number of aliphatic imine (C=N–C) groups is 1. The zero-order valence-corrected chi connectivity index (χ0v) is 16.0. The average Bonchev–Trinajstić information content (AvgIpc) is 3.28. The first-order valence-electron chi connectivity index (χ1n) is 9.35. The molecule has 2 fully saturated rings. The number of likely N-dealkylation sites (N-methyl/N-ethyl adjacent to an activating group) is 1. The van der Waals surface area contributed by atoms with Crippen molar-refractivity contribution < 1.29 is 9.53 Å². The van der Waals surface area contributed by atoms with Crippen molar-refractivity contribution >= 4 is 11.9 Å². The number of hydrogen-bond donors (Lipinski definition) is 1. The van der Waals surface area contributed by atoms with Gasteiger partial charge in [0, 0.05) is 65.6 Å². The monoisotopic (exact) mass is 362 g/mol. The summed E-state index contributed by atoms with van der Waals surface area (Å²) in [6.45, 7) is 3.56. The summed E-state index contributed by atoms with van der Waals surface area (Å²) in [5.41, 5.74) is 1.27. The summed E-state index contributed by atoms with van der Waals surface area (Å²) in [7, 11) is 5.47. The molecular weight excluding hydrogens is 332 g/mol. The molecule has 3 rings (SSSR count). The van der Waals surface area contributed by atoms with E-state index >= 15 is 0 Å². The number of carbonyl (C=O) groups excluding carboxylic acids is 1. The molecule has 1 N–H and O–H groups in total. The Morgan fingerprint density at radius 1 is 1.38 bits per heavy atom. The summed E-state index contributed by atoms with van der Waals surface area (Å²) in [5.74, 6) is 1.31. The molecule has 2 aliphatic heterocycles. The molecule has 8 nitrogen and oxygen atoms in total. The fourth-order valence-electron chi connectivity index (χ4n) is 3.42. The molecule has 1 aromatic heterocycles. The fraction of sp³-hybridized carbons (Fsp3) is 0.722. The Hall–Kier alpha value is -2.09. The van der Waals surface area contributed by atoms with Crippen molar-refractivity contribution in [3.63, 3.8) is 0 Å². The van der Waals surface area contributed by atoms with E-state index in [2.05, 4.69) is 26.5 Å². The number of carbonyl (C=O) groups is 1. The van der Waals surface area contributed by atoms with Gasteiger partial charge in [0.25, 0.3) is 0 Å². The predicted octanol–water partition coefficient (Wildman–Crippen LogP) is 0.422. The second-order valence-electron chi connectivity index (χ2n) is 7.34. The molecule has 0 saturated carbocycles. The highest BCUT2D eigenvalue weighted by molar-refractivity contribution is 5.85. The lowest BCUT2D eigenvalue weighted by atomic mass is 10.0. The number of likely N-dealkylation sites (tertiary alicyclic amines) is 1. The SMILES string of the molecule is CN(C)C(=O)CN=C(NC1CCOCC1)N1CCC(c2cnn(C)c2)C1. The number of amides is 1. The summed E-state index contributed by atoms with van der Waals surface area (Å²) in [6, 6.07) is 0.356. The van der Waals surface area contributed by atoms with E-state index in [9.17, 15) is 4.79 Å². The van der Waals surface area contributed by atoms with Crippen molar-refractivity contribution in [3.05, 3.63) is 18.0 Å². The van der Waals surface area contributed by atoms with Crippen LogP contribution < -0.4 is 5.32 Å². The lowest BCUT2D eigenvalue weighted by Gasteiger charge is -2.29. The van der Waals surface area contributed by atoms with Gasteiger partial charge in [-0.05, 0) is 24.8 Å². The third kappa shape index (κ3) is 4.75. The van der Waals surface area contributed by atoms with E-state index in [1.807, 2.05) is 17.9 Å². The van der Waals surface area contributed by atoms with Crippen LogP contribution in [0.5, 0.6) is 0 Å². The molecule has 8 heteroatoms. The number of rotatable bonds is 4. The highest BCUT2D eigenvalue weighted by Gasteiger charge is 2.28. The van der Waals surface area contributed by atoms with Crippen LogP contribution in [0.4, 0.5) is 0 Å². The van der Waals surface area contributed by atoms with Gasteiger partial charge in [0.1, 0.15) is 6.54 Å². The summed E-state index contributed by atoms with van der Waals surface area (Å²) >= 11 is 0. The quantitative estimate of drug-likeness (QED) is 0.621. The van der Waals surface area contributed by atoms with E-state index in [0.717, 1.165) is 51.5 Å². The molecule has 26 heavy (non-hydrogen) atoms. The van der Waals surface area contributed by atoms with Gasteiger partial charge in [-0.25, -0.2) is 4.99 Å². The molecule has 144 valence electrons. The molecule has 1 amide bonds. The molecule has 0 aliphatic carbocycles. The van der Waals surface area contributed by atoms with Crippen LogP contribution in [-0.2, 0) is 16.6 Å². The van der Waals surface area contributed by atoms with Crippen molar-refractivity contribution in [2.24, 2.45) is 12.0 Å². The largest absolute Gasteiger partial charge is 0.381 e. The number of nitrogens with one attached hydrogen (secondary N) is 1. The van der Waals surface area contributed by atoms with Crippen LogP contribution >= 0.6 is 0 Å². The van der Waals surface area contributed by atoms with Gasteiger partial charge >= 0.3 is 0 Å². The van der Waals surface area contributed by atoms with Gasteiger partial charge in [-0.2, -0.15) is 5.10 Å². The second-order valence-corrected chi connectivity index (χ2v) is 7.34. The number of aromatic nitrogens is 2. The Kier molecular flexibility index (Phi) is 6.13. The van der Waals surface area contributed by atoms with E-state index in [-0.39, 0.29) is 12.5 Å². The van der Waals surface area contributed by atoms with E-state index in [1.54, 1.807) is 19.0 Å². The van der Waals surface area contributed by atoms with Crippen molar-refractivity contribution in [2.75, 3.05) is 46.9 Å². The maximum Gasteiger partial charge on any atom is 0.243 e. The van der Waals surface area contributed by atoms with Crippen LogP contribution in [0.15, 0.2) is 17.4 Å². The molecule has 0 radical (unpaired) electrons. The van der Waals surface area contributed by atoms with E-state index in [1.165, 1.54) is 5.56 Å². The van der Waals surface area contributed by atoms with E-state index in [4.69, 9.17) is 4.74 Å². The van der Waals surface area contributed by atoms with Crippen LogP contribution in [0.25, 0.3) is 0 Å². The summed E-state index contributed by atoms with van der Waals surface area (Å²) in [6.07, 6.45) is 7.06. The molecule has 2 aliphatic rings. The fourth-order valence-corrected chi connectivity index (χ4v) is 3.42. The Morgan fingerprint density at radius 2 is 2.15 bits per heavy atom. The van der Waals surface area contributed by atoms with Crippen LogP contribution in [0.1, 0.15) is 30.7 Å². The highest BCUT2D eigenvalue weighted by atomic mass is 16.5. The van der Waals surface area contributed by atoms with Crippen molar-refractivity contribution in [1.82, 2.24) is 24.9 Å². The molecule has 3 heterocycles. The normalized spacial score (nSPS) is 21.9. The first-order chi connectivity index (χ1) is 12.5. The first-order valence-corrected chi connectivity index (χ1v) is 9.35. The lowest BCUT2D eigenvalue weighted by molar-refractivity contribution is -0.127. The third-order valence-electron chi connectivity index (χ3n) is 5.10. The topological polar surface area (TPSA) is 75.0 Å². The number of ether oxygens (including phenoxy) is 1. The molecule has 2 saturated heterocycles. The summed E-state index contributed by atoms with van der Waals surface area (Å²) < 4.78 is 7.30. The molecule has 1 aromatic rings. The maximum atomic E-state index is 12.0. The number of nitrogens with zero attached hydrogens (tertiary/aromatic N) is 5. The molecular formula is C18H30N6O2. The predicted molar refractivity (Wildman–Crippen MR) is 100 cm³/mol. The Balaban J connectivity index is 1.67. The van der Waals surface area contributed by atoms with Gasteiger partial charge in [-0.3, -0.25) is 9.48 Å². The highest BCUT2D eigenvalue weighted by Crippen LogP contribution is 2.27. The van der Waals surface area contributed by atoms with Gasteiger partial charge in [-0.15, -0.1) is 0 Å². The standard InChI is InChI=1S/C18H30N6O2/c1-22(2)17(25)11-19-18(21-16-5-8-26-9-6-16)24-7-4-14(13-24)15-10-20-23(3)12-15/h10,12,14,16H,4-9,11,13H2,1-3H3,(H,19,21). The first kappa shape index (κ1) is 18.7. The average molecular weight is 362 g/mol. The summed E-state index contributed by atoms with van der Waals surface area (Å²) in [5, 5.41) is 7.87. The molecule has 1 unspecified atom stereocenters. The van der Waals surface area contributed by atoms with Crippen molar-refractivity contribution in [1.29, 1.82) is 0 Å². The van der Waals surface area contributed by atoms with E-state index in [0.29, 0.717) is 12.0 Å². The zero-order chi connectivity index (χ0) is 18.5. The molecule has 0 aromatic carbocycles. The second kappa shape index (κ2) is 8.53. The summed E-state index contributed by atoms with van der Waals surface area (Å²) in [4.78, 5) is 20.5. The van der Waals surface area contributed by atoms with Crippen LogP contribution in [0, 0.1) is 0 Å². The zero-order valence-electron chi connectivity index (χ0n) is 16.0. The number of aryl methyl sites for hydroxylation is 1. The van der Waals surface area contributed by atoms with Crippen molar-refractivity contribution in [3.8, 4) is 0 Å². The van der Waals surface area contributed by atoms with Gasteiger partial charge in [-0.1, -0.05) is 0 Å². The van der Waals surface area contributed by atoms with Gasteiger partial charge < -0.3 is 19.9 Å². The molecule has 0 spiro atoms. The van der Waals surface area contributed by atoms with Gasteiger partial charge in [0.05, 0.1) is 6.20 Å². The van der Waals surface area contributed by atoms with Crippen LogP contribution in [0.3, 0.4) is 0 Å². The smallest absolute Gasteiger partial charge is 0.243 e. The minimum atomic E-state index is 0.0132. The molecule has 0 bridgehead atoms. The minimum Gasteiger partial charge on any atom is -0.381 e. The Labute approximate surface area is 155 Å². The lowest BCUT2D eigenvalue weighted by Crippen LogP contribution is -2.47.